The monoisotopic (exact) mass is 577 g/mol. The van der Waals surface area contributed by atoms with E-state index in [0.717, 1.165) is 16.9 Å². The molecule has 0 bridgehead atoms. The Bertz CT molecular complexity index is 1290. The minimum atomic E-state index is -0.736. The Balaban J connectivity index is 1.36. The number of nitrogens with zero attached hydrogens (tertiary/aromatic N) is 1. The standard InChI is InChI=1S/C33H39NO8/c1-33(2,3)41-32(36)42-34-19-18-28(30(22-34)40-23-26-12-8-9-13-29(26)37-4)24-14-16-27(17-15-24)38-20-21-39-31(35)25-10-6-5-7-11-25/h5-17,28,30H,18-23H2,1-4H3. The van der Waals surface area contributed by atoms with Gasteiger partial charge in [0.2, 0.25) is 0 Å². The van der Waals surface area contributed by atoms with Crippen LogP contribution in [0.1, 0.15) is 54.6 Å². The van der Waals surface area contributed by atoms with Crippen molar-refractivity contribution in [1.29, 1.82) is 0 Å². The van der Waals surface area contributed by atoms with E-state index >= 15 is 0 Å². The first-order valence-corrected chi connectivity index (χ1v) is 14.1. The van der Waals surface area contributed by atoms with Gasteiger partial charge in [0.25, 0.3) is 0 Å². The van der Waals surface area contributed by atoms with Crippen molar-refractivity contribution in [1.82, 2.24) is 5.06 Å². The predicted molar refractivity (Wildman–Crippen MR) is 156 cm³/mol. The summed E-state index contributed by atoms with van der Waals surface area (Å²) >= 11 is 0. The van der Waals surface area contributed by atoms with Crippen molar-refractivity contribution in [3.8, 4) is 11.5 Å². The summed E-state index contributed by atoms with van der Waals surface area (Å²) in [5.74, 6) is 1.10. The van der Waals surface area contributed by atoms with Gasteiger partial charge in [-0.05, 0) is 63.1 Å². The van der Waals surface area contributed by atoms with E-state index in [1.807, 2.05) is 54.6 Å². The number of methoxy groups -OCH3 is 1. The molecule has 0 radical (unpaired) electrons. The fourth-order valence-corrected chi connectivity index (χ4v) is 4.68. The summed E-state index contributed by atoms with van der Waals surface area (Å²) in [5, 5.41) is 1.60. The third-order valence-electron chi connectivity index (χ3n) is 6.66. The lowest BCUT2D eigenvalue weighted by Gasteiger charge is -2.37. The molecule has 9 heteroatoms. The van der Waals surface area contributed by atoms with Crippen LogP contribution >= 0.6 is 0 Å². The molecule has 0 aromatic heterocycles. The molecule has 1 aliphatic heterocycles. The molecule has 2 atom stereocenters. The zero-order chi connectivity index (χ0) is 30.0. The highest BCUT2D eigenvalue weighted by Gasteiger charge is 2.34. The van der Waals surface area contributed by atoms with Crippen LogP contribution in [0.15, 0.2) is 78.9 Å². The van der Waals surface area contributed by atoms with E-state index < -0.39 is 11.8 Å². The molecule has 1 saturated heterocycles. The predicted octanol–water partition coefficient (Wildman–Crippen LogP) is 6.17. The molecule has 0 saturated carbocycles. The van der Waals surface area contributed by atoms with Crippen molar-refractivity contribution in [2.45, 2.75) is 51.4 Å². The van der Waals surface area contributed by atoms with Crippen LogP contribution in [0.25, 0.3) is 0 Å². The highest BCUT2D eigenvalue weighted by atomic mass is 16.8. The molecule has 0 N–H and O–H groups in total. The summed E-state index contributed by atoms with van der Waals surface area (Å²) in [5.41, 5.74) is 1.87. The summed E-state index contributed by atoms with van der Waals surface area (Å²) in [4.78, 5) is 29.9. The number of hydrogen-bond acceptors (Lipinski definition) is 9. The first kappa shape index (κ1) is 30.9. The minimum absolute atomic E-state index is 0.0547. The van der Waals surface area contributed by atoms with Gasteiger partial charge in [0, 0.05) is 18.0 Å². The van der Waals surface area contributed by atoms with Crippen LogP contribution in [-0.2, 0) is 25.7 Å². The molecular weight excluding hydrogens is 538 g/mol. The molecule has 224 valence electrons. The van der Waals surface area contributed by atoms with Gasteiger partial charge in [0.15, 0.2) is 0 Å². The van der Waals surface area contributed by atoms with E-state index in [-0.39, 0.29) is 31.2 Å². The van der Waals surface area contributed by atoms with Crippen molar-refractivity contribution < 1.29 is 38.1 Å². The number of rotatable bonds is 11. The zero-order valence-corrected chi connectivity index (χ0v) is 24.6. The number of esters is 1. The Morgan fingerprint density at radius 2 is 1.62 bits per heavy atom. The lowest BCUT2D eigenvalue weighted by atomic mass is 9.87. The van der Waals surface area contributed by atoms with Gasteiger partial charge in [-0.15, -0.1) is 5.06 Å². The van der Waals surface area contributed by atoms with Gasteiger partial charge in [-0.25, -0.2) is 9.59 Å². The van der Waals surface area contributed by atoms with Crippen LogP contribution < -0.4 is 9.47 Å². The molecule has 3 aromatic rings. The number of ether oxygens (including phenoxy) is 5. The van der Waals surface area contributed by atoms with Crippen molar-refractivity contribution >= 4 is 12.1 Å². The third kappa shape index (κ3) is 9.22. The molecule has 2 unspecified atom stereocenters. The van der Waals surface area contributed by atoms with Crippen LogP contribution in [-0.4, -0.2) is 62.3 Å². The maximum absolute atomic E-state index is 12.3. The molecular formula is C33H39NO8. The number of carbonyl (C=O) groups excluding carboxylic acids is 2. The molecule has 3 aromatic carbocycles. The largest absolute Gasteiger partial charge is 0.528 e. The van der Waals surface area contributed by atoms with Gasteiger partial charge in [0.1, 0.15) is 30.3 Å². The quantitative estimate of drug-likeness (QED) is 0.196. The van der Waals surface area contributed by atoms with Crippen LogP contribution in [0.5, 0.6) is 11.5 Å². The van der Waals surface area contributed by atoms with E-state index in [0.29, 0.717) is 37.4 Å². The summed E-state index contributed by atoms with van der Waals surface area (Å²) in [6.07, 6.45) is -0.301. The Hall–Kier alpha value is -4.08. The normalized spacial score (nSPS) is 17.2. The van der Waals surface area contributed by atoms with E-state index in [2.05, 4.69) is 0 Å². The lowest BCUT2D eigenvalue weighted by Crippen LogP contribution is -2.45. The van der Waals surface area contributed by atoms with E-state index in [4.69, 9.17) is 28.5 Å². The smallest absolute Gasteiger partial charge is 0.496 e. The summed E-state index contributed by atoms with van der Waals surface area (Å²) in [7, 11) is 1.63. The zero-order valence-electron chi connectivity index (χ0n) is 24.6. The van der Waals surface area contributed by atoms with Gasteiger partial charge in [-0.3, -0.25) is 0 Å². The van der Waals surface area contributed by atoms with Crippen molar-refractivity contribution in [2.75, 3.05) is 33.4 Å². The number of hydroxylamine groups is 2. The molecule has 4 rings (SSSR count). The third-order valence-corrected chi connectivity index (χ3v) is 6.66. The molecule has 0 amide bonds. The number of piperidine rings is 1. The molecule has 1 aliphatic rings. The minimum Gasteiger partial charge on any atom is -0.496 e. The Labute approximate surface area is 247 Å². The molecule has 1 fully saturated rings. The second-order valence-corrected chi connectivity index (χ2v) is 10.9. The highest BCUT2D eigenvalue weighted by molar-refractivity contribution is 5.89. The Morgan fingerprint density at radius 1 is 0.905 bits per heavy atom. The Kier molecular flexibility index (Phi) is 10.8. The van der Waals surface area contributed by atoms with E-state index in [1.54, 1.807) is 57.2 Å². The number of hydrogen-bond donors (Lipinski definition) is 0. The number of carbonyl (C=O) groups is 2. The van der Waals surface area contributed by atoms with Gasteiger partial charge < -0.3 is 28.5 Å². The topological polar surface area (TPSA) is 92.8 Å². The molecule has 1 heterocycles. The number of para-hydroxylation sites is 1. The fourth-order valence-electron chi connectivity index (χ4n) is 4.68. The Morgan fingerprint density at radius 3 is 2.33 bits per heavy atom. The molecule has 0 spiro atoms. The lowest BCUT2D eigenvalue weighted by molar-refractivity contribution is -0.179. The molecule has 9 nitrogen and oxygen atoms in total. The second kappa shape index (κ2) is 14.7. The first-order chi connectivity index (χ1) is 20.2. The van der Waals surface area contributed by atoms with Crippen LogP contribution in [0, 0.1) is 0 Å². The van der Waals surface area contributed by atoms with E-state index in [1.165, 1.54) is 0 Å². The summed E-state index contributed by atoms with van der Waals surface area (Å²) in [6, 6.07) is 24.4. The number of benzene rings is 3. The van der Waals surface area contributed by atoms with Crippen LogP contribution in [0.3, 0.4) is 0 Å². The SMILES string of the molecule is COc1ccccc1COC1CN(OC(=O)OC(C)(C)C)CCC1c1ccc(OCCOC(=O)c2ccccc2)cc1. The van der Waals surface area contributed by atoms with Crippen molar-refractivity contribution in [3.05, 3.63) is 95.6 Å². The average molecular weight is 578 g/mol. The summed E-state index contributed by atoms with van der Waals surface area (Å²) < 4.78 is 28.3. The maximum atomic E-state index is 12.3. The van der Waals surface area contributed by atoms with Crippen LogP contribution in [0.4, 0.5) is 4.79 Å². The van der Waals surface area contributed by atoms with Gasteiger partial charge in [-0.1, -0.05) is 48.5 Å². The fraction of sp³-hybridized carbons (Fsp3) is 0.394. The van der Waals surface area contributed by atoms with Crippen molar-refractivity contribution in [3.63, 3.8) is 0 Å². The molecule has 0 aliphatic carbocycles. The second-order valence-electron chi connectivity index (χ2n) is 10.9. The van der Waals surface area contributed by atoms with Gasteiger partial charge in [-0.2, -0.15) is 0 Å². The molecule has 42 heavy (non-hydrogen) atoms. The first-order valence-electron chi connectivity index (χ1n) is 14.1. The van der Waals surface area contributed by atoms with Gasteiger partial charge in [0.05, 0.1) is 31.9 Å². The van der Waals surface area contributed by atoms with E-state index in [9.17, 15) is 9.59 Å². The maximum Gasteiger partial charge on any atom is 0.528 e. The summed E-state index contributed by atoms with van der Waals surface area (Å²) in [6.45, 7) is 7.02. The highest BCUT2D eigenvalue weighted by Crippen LogP contribution is 2.33. The average Bonchev–Trinajstić information content (AvgIpc) is 2.98. The van der Waals surface area contributed by atoms with Crippen LogP contribution in [0.2, 0.25) is 0 Å². The van der Waals surface area contributed by atoms with Crippen molar-refractivity contribution in [2.24, 2.45) is 0 Å². The van der Waals surface area contributed by atoms with Gasteiger partial charge >= 0.3 is 12.1 Å².